The normalized spacial score (nSPS) is 24.1. The van der Waals surface area contributed by atoms with Crippen molar-refractivity contribution in [1.29, 1.82) is 0 Å². The number of carbonyl (C=O) groups excluding carboxylic acids is 1. The van der Waals surface area contributed by atoms with Crippen molar-refractivity contribution in [2.45, 2.75) is 31.7 Å². The first-order valence-electron chi connectivity index (χ1n) is 7.12. The van der Waals surface area contributed by atoms with Crippen molar-refractivity contribution in [3.63, 3.8) is 0 Å². The third-order valence-electron chi connectivity index (χ3n) is 4.06. The number of nitrogens with one attached hydrogen (secondary N) is 1. The first-order valence-corrected chi connectivity index (χ1v) is 7.49. The molecule has 1 aromatic carbocycles. The first-order chi connectivity index (χ1) is 9.55. The number of carbonyl (C=O) groups is 1. The molecule has 1 amide bonds. The molecule has 0 spiro atoms. The van der Waals surface area contributed by atoms with Gasteiger partial charge in [-0.1, -0.05) is 24.6 Å². The molecular weight excluding hydrogens is 274 g/mol. The zero-order valence-electron chi connectivity index (χ0n) is 11.9. The van der Waals surface area contributed by atoms with Crippen molar-refractivity contribution in [1.82, 2.24) is 4.90 Å². The van der Waals surface area contributed by atoms with Gasteiger partial charge in [0.2, 0.25) is 5.91 Å². The highest BCUT2D eigenvalue weighted by Crippen LogP contribution is 2.28. The lowest BCUT2D eigenvalue weighted by molar-refractivity contribution is -0.122. The van der Waals surface area contributed by atoms with Gasteiger partial charge in [0.25, 0.3) is 0 Å². The zero-order chi connectivity index (χ0) is 14.6. The molecule has 1 saturated heterocycles. The summed E-state index contributed by atoms with van der Waals surface area (Å²) in [6, 6.07) is 7.43. The van der Waals surface area contributed by atoms with Crippen molar-refractivity contribution >= 4 is 23.2 Å². The average molecular weight is 296 g/mol. The highest BCUT2D eigenvalue weighted by atomic mass is 35.5. The number of nitrogens with two attached hydrogens (primary N) is 1. The molecule has 1 fully saturated rings. The molecule has 1 aromatic rings. The number of halogens is 1. The molecule has 1 atom stereocenters. The third-order valence-corrected chi connectivity index (χ3v) is 4.29. The summed E-state index contributed by atoms with van der Waals surface area (Å²) in [6.07, 6.45) is 2.44. The number of nitrogens with zero attached hydrogens (tertiary/aromatic N) is 1. The van der Waals surface area contributed by atoms with E-state index in [0.29, 0.717) is 5.02 Å². The topological polar surface area (TPSA) is 58.4 Å². The number of hydrogen-bond donors (Lipinski definition) is 2. The van der Waals surface area contributed by atoms with Crippen LogP contribution in [0, 0.1) is 0 Å². The number of hydrogen-bond acceptors (Lipinski definition) is 3. The molecule has 1 aliphatic rings. The Morgan fingerprint density at radius 1 is 1.45 bits per heavy atom. The van der Waals surface area contributed by atoms with E-state index in [1.807, 2.05) is 24.3 Å². The van der Waals surface area contributed by atoms with Gasteiger partial charge in [0.05, 0.1) is 0 Å². The Bertz CT molecular complexity index is 480. The van der Waals surface area contributed by atoms with Gasteiger partial charge in [0, 0.05) is 17.3 Å². The van der Waals surface area contributed by atoms with E-state index in [1.165, 1.54) is 0 Å². The predicted octanol–water partition coefficient (Wildman–Crippen LogP) is 2.48. The minimum atomic E-state index is -0.672. The van der Waals surface area contributed by atoms with Gasteiger partial charge in [0.15, 0.2) is 0 Å². The summed E-state index contributed by atoms with van der Waals surface area (Å²) < 4.78 is 0. The summed E-state index contributed by atoms with van der Waals surface area (Å²) in [5.41, 5.74) is 5.87. The molecule has 0 aromatic heterocycles. The minimum Gasteiger partial charge on any atom is -0.371 e. The van der Waals surface area contributed by atoms with E-state index >= 15 is 0 Å². The maximum atomic E-state index is 12.0. The molecule has 0 radical (unpaired) electrons. The molecule has 110 valence electrons. The Morgan fingerprint density at radius 2 is 2.25 bits per heavy atom. The van der Waals surface area contributed by atoms with Crippen molar-refractivity contribution < 1.29 is 4.79 Å². The van der Waals surface area contributed by atoms with Gasteiger partial charge < -0.3 is 16.0 Å². The van der Waals surface area contributed by atoms with Crippen LogP contribution in [0.2, 0.25) is 5.02 Å². The Balaban J connectivity index is 2.19. The number of benzene rings is 1. The highest BCUT2D eigenvalue weighted by Gasteiger charge is 2.37. The number of anilines is 1. The van der Waals surface area contributed by atoms with Gasteiger partial charge in [-0.25, -0.2) is 0 Å². The lowest BCUT2D eigenvalue weighted by Gasteiger charge is -2.31. The summed E-state index contributed by atoms with van der Waals surface area (Å²) in [5.74, 6) is -0.282. The van der Waals surface area contributed by atoms with Crippen LogP contribution in [0.4, 0.5) is 5.69 Å². The number of rotatable bonds is 4. The van der Waals surface area contributed by atoms with E-state index in [1.54, 1.807) is 0 Å². The molecule has 2 rings (SSSR count). The van der Waals surface area contributed by atoms with E-state index < -0.39 is 5.54 Å². The quantitative estimate of drug-likeness (QED) is 0.897. The summed E-state index contributed by atoms with van der Waals surface area (Å²) in [4.78, 5) is 14.4. The maximum Gasteiger partial charge on any atom is 0.243 e. The van der Waals surface area contributed by atoms with Gasteiger partial charge in [-0.2, -0.15) is 0 Å². The third kappa shape index (κ3) is 3.44. The Kier molecular flexibility index (Phi) is 4.89. The second kappa shape index (κ2) is 6.46. The van der Waals surface area contributed by atoms with E-state index in [4.69, 9.17) is 17.3 Å². The smallest absolute Gasteiger partial charge is 0.243 e. The highest BCUT2D eigenvalue weighted by molar-refractivity contribution is 6.30. The minimum absolute atomic E-state index is 0.282. The van der Waals surface area contributed by atoms with Crippen molar-refractivity contribution in [2.24, 2.45) is 5.73 Å². The first kappa shape index (κ1) is 15.1. The van der Waals surface area contributed by atoms with Crippen LogP contribution in [0.3, 0.4) is 0 Å². The SMILES string of the molecule is CCN1CCCC(Nc2cccc(Cl)c2)(C(N)=O)CC1. The lowest BCUT2D eigenvalue weighted by atomic mass is 9.89. The number of likely N-dealkylation sites (tertiary alicyclic amines) is 1. The standard InChI is InChI=1S/C15H22ClN3O/c1-2-19-9-4-7-15(8-10-19,14(17)20)18-13-6-3-5-12(16)11-13/h3,5-6,11,18H,2,4,7-10H2,1H3,(H2,17,20). The Hall–Kier alpha value is -1.26. The second-order valence-corrected chi connectivity index (χ2v) is 5.81. The number of amides is 1. The maximum absolute atomic E-state index is 12.0. The predicted molar refractivity (Wildman–Crippen MR) is 83.0 cm³/mol. The van der Waals surface area contributed by atoms with Crippen LogP contribution in [0.25, 0.3) is 0 Å². The van der Waals surface area contributed by atoms with E-state index in [0.717, 1.165) is 44.6 Å². The van der Waals surface area contributed by atoms with Gasteiger partial charge in [-0.05, 0) is 50.6 Å². The molecule has 0 aliphatic carbocycles. The molecule has 0 bridgehead atoms. The van der Waals surface area contributed by atoms with Crippen LogP contribution in [-0.2, 0) is 4.79 Å². The fraction of sp³-hybridized carbons (Fsp3) is 0.533. The van der Waals surface area contributed by atoms with Crippen molar-refractivity contribution in [2.75, 3.05) is 25.0 Å². The fourth-order valence-corrected chi connectivity index (χ4v) is 2.97. The van der Waals surface area contributed by atoms with Crippen LogP contribution in [0.15, 0.2) is 24.3 Å². The van der Waals surface area contributed by atoms with Crippen LogP contribution in [-0.4, -0.2) is 36.0 Å². The zero-order valence-corrected chi connectivity index (χ0v) is 12.6. The van der Waals surface area contributed by atoms with Gasteiger partial charge in [0.1, 0.15) is 5.54 Å². The monoisotopic (exact) mass is 295 g/mol. The fourth-order valence-electron chi connectivity index (χ4n) is 2.78. The second-order valence-electron chi connectivity index (χ2n) is 5.37. The summed E-state index contributed by atoms with van der Waals surface area (Å²) in [5, 5.41) is 3.98. The molecule has 0 saturated carbocycles. The van der Waals surface area contributed by atoms with Crippen LogP contribution >= 0.6 is 11.6 Å². The molecule has 1 heterocycles. The largest absolute Gasteiger partial charge is 0.371 e. The molecular formula is C15H22ClN3O. The van der Waals surface area contributed by atoms with Crippen LogP contribution in [0.1, 0.15) is 26.2 Å². The Labute approximate surface area is 125 Å². The summed E-state index contributed by atoms with van der Waals surface area (Å²) in [7, 11) is 0. The Morgan fingerprint density at radius 3 is 2.90 bits per heavy atom. The lowest BCUT2D eigenvalue weighted by Crippen LogP contribution is -2.51. The van der Waals surface area contributed by atoms with Gasteiger partial charge in [-0.3, -0.25) is 4.79 Å². The molecule has 1 aliphatic heterocycles. The van der Waals surface area contributed by atoms with E-state index in [2.05, 4.69) is 17.1 Å². The average Bonchev–Trinajstić information content (AvgIpc) is 2.62. The van der Waals surface area contributed by atoms with Gasteiger partial charge >= 0.3 is 0 Å². The van der Waals surface area contributed by atoms with Crippen LogP contribution in [0.5, 0.6) is 0 Å². The van der Waals surface area contributed by atoms with Gasteiger partial charge in [-0.15, -0.1) is 0 Å². The molecule has 20 heavy (non-hydrogen) atoms. The van der Waals surface area contributed by atoms with Crippen molar-refractivity contribution in [3.8, 4) is 0 Å². The molecule has 1 unspecified atom stereocenters. The molecule has 4 nitrogen and oxygen atoms in total. The molecule has 3 N–H and O–H groups in total. The van der Waals surface area contributed by atoms with Crippen molar-refractivity contribution in [3.05, 3.63) is 29.3 Å². The summed E-state index contributed by atoms with van der Waals surface area (Å²) in [6.45, 7) is 5.05. The van der Waals surface area contributed by atoms with Crippen LogP contribution < -0.4 is 11.1 Å². The van der Waals surface area contributed by atoms with E-state index in [9.17, 15) is 4.79 Å². The number of primary amides is 1. The van der Waals surface area contributed by atoms with E-state index in [-0.39, 0.29) is 5.91 Å². The molecule has 5 heteroatoms. The summed E-state index contributed by atoms with van der Waals surface area (Å²) >= 11 is 6.00.